The van der Waals surface area contributed by atoms with Crippen LogP contribution in [0.25, 0.3) is 0 Å². The van der Waals surface area contributed by atoms with Crippen LogP contribution >= 0.6 is 0 Å². The third-order valence-corrected chi connectivity index (χ3v) is 1.29. The van der Waals surface area contributed by atoms with E-state index < -0.39 is 0 Å². The van der Waals surface area contributed by atoms with Crippen LogP contribution in [0, 0.1) is 0 Å². The first kappa shape index (κ1) is 6.14. The monoisotopic (exact) mass is 121 g/mol. The fourth-order valence-electron chi connectivity index (χ4n) is 0.839. The smallest absolute Gasteiger partial charge is 0.0122 e. The van der Waals surface area contributed by atoms with E-state index in [1.165, 1.54) is 5.57 Å². The summed E-state index contributed by atoms with van der Waals surface area (Å²) in [5, 5.41) is 0. The molecule has 0 aromatic heterocycles. The molecule has 0 saturated carbocycles. The van der Waals surface area contributed by atoms with Crippen molar-refractivity contribution in [3.05, 3.63) is 35.6 Å². The maximum Gasteiger partial charge on any atom is 0.0122 e. The molecule has 1 rings (SSSR count). The van der Waals surface area contributed by atoms with Crippen molar-refractivity contribution >= 4 is 0 Å². The average Bonchev–Trinajstić information content (AvgIpc) is 1.93. The van der Waals surface area contributed by atoms with Crippen LogP contribution in [0.15, 0.2) is 35.6 Å². The molecule has 48 valence electrons. The minimum atomic E-state index is 0.910. The van der Waals surface area contributed by atoms with E-state index in [4.69, 9.17) is 5.73 Å². The topological polar surface area (TPSA) is 26.0 Å². The third-order valence-electron chi connectivity index (χ3n) is 1.29. The van der Waals surface area contributed by atoms with Crippen molar-refractivity contribution in [2.24, 2.45) is 5.73 Å². The Hall–Kier alpha value is -0.980. The summed E-state index contributed by atoms with van der Waals surface area (Å²) >= 11 is 0. The molecule has 0 atom stereocenters. The average molecular weight is 121 g/mol. The van der Waals surface area contributed by atoms with E-state index in [2.05, 4.69) is 13.0 Å². The standard InChI is InChI=1S/C8H11N/c1-7-4-2-3-5-8(9)6-7/h2-5H,6,9H2,1H3. The highest BCUT2D eigenvalue weighted by molar-refractivity contribution is 5.25. The van der Waals surface area contributed by atoms with Crippen LogP contribution in [-0.2, 0) is 0 Å². The highest BCUT2D eigenvalue weighted by Crippen LogP contribution is 2.08. The maximum absolute atomic E-state index is 5.59. The summed E-state index contributed by atoms with van der Waals surface area (Å²) in [7, 11) is 0. The zero-order valence-corrected chi connectivity index (χ0v) is 5.59. The van der Waals surface area contributed by atoms with E-state index >= 15 is 0 Å². The lowest BCUT2D eigenvalue weighted by molar-refractivity contribution is 1.09. The van der Waals surface area contributed by atoms with Gasteiger partial charge in [0.2, 0.25) is 0 Å². The Morgan fingerprint density at radius 3 is 2.78 bits per heavy atom. The normalized spacial score (nSPS) is 18.3. The number of rotatable bonds is 0. The minimum absolute atomic E-state index is 0.910. The van der Waals surface area contributed by atoms with Crippen molar-refractivity contribution in [1.82, 2.24) is 0 Å². The van der Waals surface area contributed by atoms with Gasteiger partial charge in [0.15, 0.2) is 0 Å². The Morgan fingerprint density at radius 2 is 2.00 bits per heavy atom. The van der Waals surface area contributed by atoms with Crippen molar-refractivity contribution < 1.29 is 0 Å². The minimum Gasteiger partial charge on any atom is -0.402 e. The van der Waals surface area contributed by atoms with Crippen LogP contribution in [0.3, 0.4) is 0 Å². The molecule has 0 amide bonds. The molecule has 1 aliphatic carbocycles. The van der Waals surface area contributed by atoms with Crippen LogP contribution in [0.4, 0.5) is 0 Å². The molecule has 0 bridgehead atoms. The number of allylic oxidation sites excluding steroid dienone is 5. The van der Waals surface area contributed by atoms with Crippen molar-refractivity contribution in [3.8, 4) is 0 Å². The largest absolute Gasteiger partial charge is 0.402 e. The molecule has 9 heavy (non-hydrogen) atoms. The summed E-state index contributed by atoms with van der Waals surface area (Å²) in [6.07, 6.45) is 8.90. The van der Waals surface area contributed by atoms with Gasteiger partial charge in [-0.05, 0) is 13.0 Å². The van der Waals surface area contributed by atoms with Gasteiger partial charge in [-0.25, -0.2) is 0 Å². The Labute approximate surface area is 55.6 Å². The fourth-order valence-corrected chi connectivity index (χ4v) is 0.839. The van der Waals surface area contributed by atoms with Gasteiger partial charge in [-0.1, -0.05) is 23.8 Å². The molecule has 0 fully saturated rings. The number of hydrogen-bond donors (Lipinski definition) is 1. The molecule has 0 aromatic rings. The predicted octanol–water partition coefficient (Wildman–Crippen LogP) is 1.74. The summed E-state index contributed by atoms with van der Waals surface area (Å²) in [4.78, 5) is 0. The van der Waals surface area contributed by atoms with Crippen molar-refractivity contribution in [3.63, 3.8) is 0 Å². The summed E-state index contributed by atoms with van der Waals surface area (Å²) in [6, 6.07) is 0. The Morgan fingerprint density at radius 1 is 1.33 bits per heavy atom. The third kappa shape index (κ3) is 1.76. The molecule has 0 unspecified atom stereocenters. The second kappa shape index (κ2) is 2.53. The zero-order valence-electron chi connectivity index (χ0n) is 5.59. The summed E-state index contributed by atoms with van der Waals surface area (Å²) in [5.74, 6) is 0. The van der Waals surface area contributed by atoms with Gasteiger partial charge in [0.05, 0.1) is 0 Å². The summed E-state index contributed by atoms with van der Waals surface area (Å²) in [5.41, 5.74) is 7.85. The molecule has 1 aliphatic rings. The molecule has 1 nitrogen and oxygen atoms in total. The van der Waals surface area contributed by atoms with E-state index in [0.29, 0.717) is 0 Å². The Bertz CT molecular complexity index is 165. The zero-order chi connectivity index (χ0) is 6.69. The molecule has 0 saturated heterocycles. The van der Waals surface area contributed by atoms with Crippen molar-refractivity contribution in [1.29, 1.82) is 0 Å². The second-order valence-corrected chi connectivity index (χ2v) is 2.32. The molecule has 0 radical (unpaired) electrons. The van der Waals surface area contributed by atoms with Crippen LogP contribution in [-0.4, -0.2) is 0 Å². The Kier molecular flexibility index (Phi) is 1.73. The molecule has 0 aromatic carbocycles. The van der Waals surface area contributed by atoms with Crippen LogP contribution in [0.1, 0.15) is 13.3 Å². The molecular formula is C8H11N. The second-order valence-electron chi connectivity index (χ2n) is 2.32. The first-order valence-corrected chi connectivity index (χ1v) is 3.07. The number of nitrogens with two attached hydrogens (primary N) is 1. The first-order valence-electron chi connectivity index (χ1n) is 3.07. The van der Waals surface area contributed by atoms with Gasteiger partial charge >= 0.3 is 0 Å². The molecule has 1 heteroatoms. The lowest BCUT2D eigenvalue weighted by Gasteiger charge is -1.96. The van der Waals surface area contributed by atoms with Gasteiger partial charge < -0.3 is 5.73 Å². The van der Waals surface area contributed by atoms with E-state index in [0.717, 1.165) is 12.1 Å². The van der Waals surface area contributed by atoms with Gasteiger partial charge in [-0.15, -0.1) is 0 Å². The molecule has 2 N–H and O–H groups in total. The quantitative estimate of drug-likeness (QED) is 0.519. The van der Waals surface area contributed by atoms with Crippen LogP contribution in [0.5, 0.6) is 0 Å². The van der Waals surface area contributed by atoms with E-state index in [9.17, 15) is 0 Å². The molecular weight excluding hydrogens is 110 g/mol. The summed E-state index contributed by atoms with van der Waals surface area (Å²) in [6.45, 7) is 2.08. The van der Waals surface area contributed by atoms with Crippen molar-refractivity contribution in [2.45, 2.75) is 13.3 Å². The highest BCUT2D eigenvalue weighted by Gasteiger charge is 1.92. The maximum atomic E-state index is 5.59. The lowest BCUT2D eigenvalue weighted by Crippen LogP contribution is -1.95. The Balaban J connectivity index is 2.77. The van der Waals surface area contributed by atoms with Gasteiger partial charge in [0.1, 0.15) is 0 Å². The molecule has 0 spiro atoms. The SMILES string of the molecule is CC1=CC=CC=C(N)C1. The van der Waals surface area contributed by atoms with E-state index in [1.807, 2.05) is 18.2 Å². The van der Waals surface area contributed by atoms with Gasteiger partial charge in [0.25, 0.3) is 0 Å². The van der Waals surface area contributed by atoms with E-state index in [1.54, 1.807) is 0 Å². The van der Waals surface area contributed by atoms with E-state index in [-0.39, 0.29) is 0 Å². The van der Waals surface area contributed by atoms with Gasteiger partial charge in [-0.3, -0.25) is 0 Å². The first-order chi connectivity index (χ1) is 4.29. The van der Waals surface area contributed by atoms with Crippen LogP contribution in [0.2, 0.25) is 0 Å². The lowest BCUT2D eigenvalue weighted by atomic mass is 10.2. The highest BCUT2D eigenvalue weighted by atomic mass is 14.6. The molecule has 0 aliphatic heterocycles. The predicted molar refractivity (Wildman–Crippen MR) is 39.8 cm³/mol. The molecule has 0 heterocycles. The van der Waals surface area contributed by atoms with Crippen LogP contribution < -0.4 is 5.73 Å². The van der Waals surface area contributed by atoms with Gasteiger partial charge in [0, 0.05) is 12.1 Å². The summed E-state index contributed by atoms with van der Waals surface area (Å²) < 4.78 is 0. The number of hydrogen-bond acceptors (Lipinski definition) is 1. The van der Waals surface area contributed by atoms with Gasteiger partial charge in [-0.2, -0.15) is 0 Å². The van der Waals surface area contributed by atoms with Crippen molar-refractivity contribution in [2.75, 3.05) is 0 Å². The fraction of sp³-hybridized carbons (Fsp3) is 0.250.